The molecule has 1 aromatic carbocycles. The topological polar surface area (TPSA) is 64.7 Å². The SMILES string of the molecule is CNC(C)C(=O)NC(C(=O)N1CCN(Cc2ccccc2)CC1)C(C)C. The van der Waals surface area contributed by atoms with Gasteiger partial charge in [-0.25, -0.2) is 0 Å². The van der Waals surface area contributed by atoms with E-state index in [1.54, 1.807) is 14.0 Å². The van der Waals surface area contributed by atoms with Crippen molar-refractivity contribution in [3.05, 3.63) is 35.9 Å². The Kier molecular flexibility index (Phi) is 7.60. The smallest absolute Gasteiger partial charge is 0.245 e. The molecule has 2 unspecified atom stereocenters. The first-order chi connectivity index (χ1) is 12.4. The van der Waals surface area contributed by atoms with Gasteiger partial charge in [-0.1, -0.05) is 44.2 Å². The van der Waals surface area contributed by atoms with Crippen molar-refractivity contribution >= 4 is 11.8 Å². The van der Waals surface area contributed by atoms with E-state index in [2.05, 4.69) is 39.8 Å². The Morgan fingerprint density at radius 2 is 1.65 bits per heavy atom. The first-order valence-electron chi connectivity index (χ1n) is 9.45. The first-order valence-corrected chi connectivity index (χ1v) is 9.45. The number of likely N-dealkylation sites (N-methyl/N-ethyl adjacent to an activating group) is 1. The number of carbonyl (C=O) groups is 2. The van der Waals surface area contributed by atoms with Crippen LogP contribution in [0.4, 0.5) is 0 Å². The van der Waals surface area contributed by atoms with Crippen LogP contribution in [0.25, 0.3) is 0 Å². The predicted octanol–water partition coefficient (Wildman–Crippen LogP) is 1.08. The summed E-state index contributed by atoms with van der Waals surface area (Å²) in [5, 5.41) is 5.82. The van der Waals surface area contributed by atoms with Crippen LogP contribution in [0.15, 0.2) is 30.3 Å². The van der Waals surface area contributed by atoms with Gasteiger partial charge in [-0.05, 0) is 25.5 Å². The van der Waals surface area contributed by atoms with Gasteiger partial charge in [-0.2, -0.15) is 0 Å². The predicted molar refractivity (Wildman–Crippen MR) is 104 cm³/mol. The van der Waals surface area contributed by atoms with Crippen LogP contribution in [0, 0.1) is 5.92 Å². The molecule has 0 saturated carbocycles. The summed E-state index contributed by atoms with van der Waals surface area (Å²) in [6, 6.07) is 9.60. The molecule has 0 radical (unpaired) electrons. The van der Waals surface area contributed by atoms with E-state index in [0.717, 1.165) is 19.6 Å². The largest absolute Gasteiger partial charge is 0.343 e. The Morgan fingerprint density at radius 1 is 1.04 bits per heavy atom. The molecule has 0 bridgehead atoms. The van der Waals surface area contributed by atoms with Crippen molar-refractivity contribution in [3.8, 4) is 0 Å². The summed E-state index contributed by atoms with van der Waals surface area (Å²) in [6.07, 6.45) is 0. The number of piperazine rings is 1. The molecule has 2 rings (SSSR count). The molecular formula is C20H32N4O2. The molecule has 6 nitrogen and oxygen atoms in total. The van der Waals surface area contributed by atoms with Crippen molar-refractivity contribution in [1.29, 1.82) is 0 Å². The van der Waals surface area contributed by atoms with E-state index in [1.807, 2.05) is 24.8 Å². The molecule has 1 saturated heterocycles. The second-order valence-electron chi connectivity index (χ2n) is 7.33. The summed E-state index contributed by atoms with van der Waals surface area (Å²) >= 11 is 0. The second-order valence-corrected chi connectivity index (χ2v) is 7.33. The van der Waals surface area contributed by atoms with E-state index < -0.39 is 6.04 Å². The molecule has 0 aliphatic carbocycles. The van der Waals surface area contributed by atoms with Gasteiger partial charge >= 0.3 is 0 Å². The molecule has 2 N–H and O–H groups in total. The van der Waals surface area contributed by atoms with Crippen LogP contribution in [0.5, 0.6) is 0 Å². The van der Waals surface area contributed by atoms with Gasteiger partial charge in [-0.3, -0.25) is 14.5 Å². The van der Waals surface area contributed by atoms with Crippen LogP contribution in [0.3, 0.4) is 0 Å². The fourth-order valence-corrected chi connectivity index (χ4v) is 3.09. The quantitative estimate of drug-likeness (QED) is 0.764. The van der Waals surface area contributed by atoms with Gasteiger partial charge in [0.1, 0.15) is 6.04 Å². The van der Waals surface area contributed by atoms with Crippen LogP contribution in [-0.4, -0.2) is 66.9 Å². The lowest BCUT2D eigenvalue weighted by molar-refractivity contribution is -0.139. The van der Waals surface area contributed by atoms with E-state index in [1.165, 1.54) is 5.56 Å². The zero-order chi connectivity index (χ0) is 19.1. The van der Waals surface area contributed by atoms with Crippen LogP contribution in [-0.2, 0) is 16.1 Å². The second kappa shape index (κ2) is 9.69. The maximum atomic E-state index is 12.9. The highest BCUT2D eigenvalue weighted by molar-refractivity contribution is 5.89. The van der Waals surface area contributed by atoms with Gasteiger partial charge < -0.3 is 15.5 Å². The highest BCUT2D eigenvalue weighted by atomic mass is 16.2. The van der Waals surface area contributed by atoms with E-state index >= 15 is 0 Å². The molecule has 1 aromatic rings. The molecule has 1 fully saturated rings. The van der Waals surface area contributed by atoms with Gasteiger partial charge in [-0.15, -0.1) is 0 Å². The number of hydrogen-bond donors (Lipinski definition) is 2. The fourth-order valence-electron chi connectivity index (χ4n) is 3.09. The minimum absolute atomic E-state index is 0.0241. The number of rotatable bonds is 7. The Labute approximate surface area is 156 Å². The van der Waals surface area contributed by atoms with Crippen molar-refractivity contribution in [2.45, 2.75) is 39.4 Å². The van der Waals surface area contributed by atoms with Crippen molar-refractivity contribution < 1.29 is 9.59 Å². The fraction of sp³-hybridized carbons (Fsp3) is 0.600. The number of hydrogen-bond acceptors (Lipinski definition) is 4. The molecule has 1 aliphatic heterocycles. The minimum Gasteiger partial charge on any atom is -0.343 e. The highest BCUT2D eigenvalue weighted by Crippen LogP contribution is 2.12. The van der Waals surface area contributed by atoms with Gasteiger partial charge in [0.2, 0.25) is 11.8 Å². The van der Waals surface area contributed by atoms with Crippen molar-refractivity contribution in [2.75, 3.05) is 33.2 Å². The van der Waals surface area contributed by atoms with Crippen molar-refractivity contribution in [3.63, 3.8) is 0 Å². The van der Waals surface area contributed by atoms with Crippen LogP contribution in [0.1, 0.15) is 26.3 Å². The number of amides is 2. The van der Waals surface area contributed by atoms with Crippen LogP contribution in [0.2, 0.25) is 0 Å². The molecule has 2 atom stereocenters. The molecule has 1 aliphatic rings. The number of benzene rings is 1. The number of nitrogens with zero attached hydrogens (tertiary/aromatic N) is 2. The van der Waals surface area contributed by atoms with Gasteiger partial charge in [0.25, 0.3) is 0 Å². The maximum Gasteiger partial charge on any atom is 0.245 e. The lowest BCUT2D eigenvalue weighted by atomic mass is 10.0. The Hall–Kier alpha value is -1.92. The standard InChI is InChI=1S/C20H32N4O2/c1-15(2)18(22-19(25)16(3)21-4)20(26)24-12-10-23(11-13-24)14-17-8-6-5-7-9-17/h5-9,15-16,18,21H,10-14H2,1-4H3,(H,22,25). The summed E-state index contributed by atoms with van der Waals surface area (Å²) < 4.78 is 0. The lowest BCUT2D eigenvalue weighted by Gasteiger charge is -2.37. The van der Waals surface area contributed by atoms with E-state index in [9.17, 15) is 9.59 Å². The summed E-state index contributed by atoms with van der Waals surface area (Å²) in [6.45, 7) is 9.75. The molecule has 2 amide bonds. The summed E-state index contributed by atoms with van der Waals surface area (Å²) in [4.78, 5) is 29.4. The van der Waals surface area contributed by atoms with Gasteiger partial charge in [0.05, 0.1) is 6.04 Å². The van der Waals surface area contributed by atoms with Gasteiger partial charge in [0.15, 0.2) is 0 Å². The molecule has 1 heterocycles. The van der Waals surface area contributed by atoms with Crippen molar-refractivity contribution in [1.82, 2.24) is 20.4 Å². The van der Waals surface area contributed by atoms with Crippen LogP contribution >= 0.6 is 0 Å². The molecule has 144 valence electrons. The Bertz CT molecular complexity index is 583. The zero-order valence-corrected chi connectivity index (χ0v) is 16.4. The molecule has 0 aromatic heterocycles. The Balaban J connectivity index is 1.89. The highest BCUT2D eigenvalue weighted by Gasteiger charge is 2.31. The summed E-state index contributed by atoms with van der Waals surface area (Å²) in [7, 11) is 1.74. The molecular weight excluding hydrogens is 328 g/mol. The maximum absolute atomic E-state index is 12.9. The Morgan fingerprint density at radius 3 is 2.19 bits per heavy atom. The lowest BCUT2D eigenvalue weighted by Crippen LogP contribution is -2.57. The van der Waals surface area contributed by atoms with E-state index in [-0.39, 0.29) is 23.8 Å². The third-order valence-corrected chi connectivity index (χ3v) is 4.99. The third-order valence-electron chi connectivity index (χ3n) is 4.99. The number of nitrogens with one attached hydrogen (secondary N) is 2. The van der Waals surface area contributed by atoms with Crippen molar-refractivity contribution in [2.24, 2.45) is 5.92 Å². The zero-order valence-electron chi connectivity index (χ0n) is 16.4. The molecule has 0 spiro atoms. The summed E-state index contributed by atoms with van der Waals surface area (Å²) in [5.74, 6) is -0.0591. The average molecular weight is 361 g/mol. The minimum atomic E-state index is -0.473. The normalized spacial score (nSPS) is 17.8. The third kappa shape index (κ3) is 5.54. The van der Waals surface area contributed by atoms with E-state index in [4.69, 9.17) is 0 Å². The summed E-state index contributed by atoms with van der Waals surface area (Å²) in [5.41, 5.74) is 1.29. The monoisotopic (exact) mass is 360 g/mol. The molecule has 6 heteroatoms. The average Bonchev–Trinajstić information content (AvgIpc) is 2.65. The number of carbonyl (C=O) groups excluding carboxylic acids is 2. The van der Waals surface area contributed by atoms with Crippen LogP contribution < -0.4 is 10.6 Å². The van der Waals surface area contributed by atoms with Gasteiger partial charge in [0, 0.05) is 32.7 Å². The van der Waals surface area contributed by atoms with E-state index in [0.29, 0.717) is 13.1 Å². The molecule has 26 heavy (non-hydrogen) atoms. The first kappa shape index (κ1) is 20.4.